The van der Waals surface area contributed by atoms with Crippen LogP contribution in [-0.4, -0.2) is 24.6 Å². The zero-order valence-electron chi connectivity index (χ0n) is 13.7. The van der Waals surface area contributed by atoms with E-state index in [9.17, 15) is 18.4 Å². The molecular weight excluding hydrogens is 368 g/mol. The lowest BCUT2D eigenvalue weighted by Crippen LogP contribution is -2.30. The van der Waals surface area contributed by atoms with E-state index < -0.39 is 24.6 Å². The molecule has 1 atom stereocenters. The first-order valence-electron chi connectivity index (χ1n) is 7.64. The second-order valence-electron chi connectivity index (χ2n) is 5.26. The molecule has 2 aromatic rings. The molecule has 0 spiro atoms. The van der Waals surface area contributed by atoms with Crippen LogP contribution in [0.1, 0.15) is 12.5 Å². The van der Waals surface area contributed by atoms with Gasteiger partial charge in [0, 0.05) is 5.02 Å². The van der Waals surface area contributed by atoms with Crippen molar-refractivity contribution in [1.29, 1.82) is 0 Å². The van der Waals surface area contributed by atoms with Crippen LogP contribution in [0.5, 0.6) is 5.75 Å². The van der Waals surface area contributed by atoms with Gasteiger partial charge < -0.3 is 14.8 Å². The molecule has 138 valence electrons. The molecular formula is C18H16ClF2NO4. The fourth-order valence-corrected chi connectivity index (χ4v) is 2.30. The van der Waals surface area contributed by atoms with Gasteiger partial charge in [-0.15, -0.1) is 0 Å². The Morgan fingerprint density at radius 3 is 2.46 bits per heavy atom. The summed E-state index contributed by atoms with van der Waals surface area (Å²) < 4.78 is 34.2. The zero-order chi connectivity index (χ0) is 19.1. The number of hydrogen-bond donors (Lipinski definition) is 1. The van der Waals surface area contributed by atoms with Gasteiger partial charge in [-0.3, -0.25) is 9.59 Å². The SMILES string of the molecule is C[C@@H](OC(=O)Cc1ccccc1Cl)C(=O)Nc1ccccc1OC(F)F. The standard InChI is InChI=1S/C18H16ClF2NO4/c1-11(25-16(23)10-12-6-2-3-7-13(12)19)17(24)22-14-8-4-5-9-15(14)26-18(20)21/h2-9,11,18H,10H2,1H3,(H,22,24)/t11-/m1/s1. The number of esters is 1. The number of hydrogen-bond acceptors (Lipinski definition) is 4. The summed E-state index contributed by atoms with van der Waals surface area (Å²) in [5.74, 6) is -1.51. The molecule has 0 aliphatic carbocycles. The second-order valence-corrected chi connectivity index (χ2v) is 5.67. The molecule has 0 aliphatic heterocycles. The molecule has 0 saturated heterocycles. The Morgan fingerprint density at radius 1 is 1.12 bits per heavy atom. The lowest BCUT2D eigenvalue weighted by atomic mass is 10.1. The van der Waals surface area contributed by atoms with E-state index in [1.807, 2.05) is 0 Å². The van der Waals surface area contributed by atoms with E-state index in [1.54, 1.807) is 30.3 Å². The number of anilines is 1. The Kier molecular flexibility index (Phi) is 6.91. The molecule has 0 saturated carbocycles. The summed E-state index contributed by atoms with van der Waals surface area (Å²) in [6.45, 7) is -1.66. The molecule has 0 heterocycles. The highest BCUT2D eigenvalue weighted by Crippen LogP contribution is 2.25. The number of benzene rings is 2. The van der Waals surface area contributed by atoms with Gasteiger partial charge in [-0.1, -0.05) is 41.9 Å². The number of para-hydroxylation sites is 2. The number of halogens is 3. The van der Waals surface area contributed by atoms with Crippen LogP contribution in [0, 0.1) is 0 Å². The predicted octanol–water partition coefficient (Wildman–Crippen LogP) is 4.05. The van der Waals surface area contributed by atoms with Crippen LogP contribution in [0.3, 0.4) is 0 Å². The minimum absolute atomic E-state index is 0.0480. The smallest absolute Gasteiger partial charge is 0.387 e. The number of carbonyl (C=O) groups excluding carboxylic acids is 2. The Labute approximate surface area is 153 Å². The van der Waals surface area contributed by atoms with Crippen molar-refractivity contribution in [3.8, 4) is 5.75 Å². The van der Waals surface area contributed by atoms with E-state index in [0.29, 0.717) is 10.6 Å². The molecule has 0 unspecified atom stereocenters. The highest BCUT2D eigenvalue weighted by molar-refractivity contribution is 6.31. The Hall–Kier alpha value is -2.67. The van der Waals surface area contributed by atoms with Crippen molar-refractivity contribution in [1.82, 2.24) is 0 Å². The molecule has 0 bridgehead atoms. The minimum atomic E-state index is -3.03. The quantitative estimate of drug-likeness (QED) is 0.732. The fraction of sp³-hybridized carbons (Fsp3) is 0.222. The lowest BCUT2D eigenvalue weighted by Gasteiger charge is -2.16. The third-order valence-electron chi connectivity index (χ3n) is 3.33. The first-order chi connectivity index (χ1) is 12.4. The van der Waals surface area contributed by atoms with Crippen molar-refractivity contribution in [2.45, 2.75) is 26.1 Å². The number of nitrogens with one attached hydrogen (secondary N) is 1. The van der Waals surface area contributed by atoms with Crippen LogP contribution in [0.2, 0.25) is 5.02 Å². The summed E-state index contributed by atoms with van der Waals surface area (Å²) in [7, 11) is 0. The summed E-state index contributed by atoms with van der Waals surface area (Å²) in [6, 6.07) is 12.5. The summed E-state index contributed by atoms with van der Waals surface area (Å²) in [6.07, 6.45) is -1.23. The number of alkyl halides is 2. The molecule has 8 heteroatoms. The maximum absolute atomic E-state index is 12.4. The van der Waals surface area contributed by atoms with E-state index in [-0.39, 0.29) is 17.9 Å². The second kappa shape index (κ2) is 9.15. The first-order valence-corrected chi connectivity index (χ1v) is 8.02. The molecule has 0 aromatic heterocycles. The summed E-state index contributed by atoms with van der Waals surface area (Å²) >= 11 is 5.97. The molecule has 0 fully saturated rings. The van der Waals surface area contributed by atoms with Crippen LogP contribution in [0.25, 0.3) is 0 Å². The van der Waals surface area contributed by atoms with Crippen LogP contribution < -0.4 is 10.1 Å². The Balaban J connectivity index is 1.95. The minimum Gasteiger partial charge on any atom is -0.452 e. The van der Waals surface area contributed by atoms with Crippen molar-refractivity contribution in [2.24, 2.45) is 0 Å². The topological polar surface area (TPSA) is 64.6 Å². The summed E-state index contributed by atoms with van der Waals surface area (Å²) in [4.78, 5) is 24.1. The van der Waals surface area contributed by atoms with Crippen molar-refractivity contribution in [2.75, 3.05) is 5.32 Å². The number of rotatable bonds is 7. The molecule has 0 aliphatic rings. The van der Waals surface area contributed by atoms with E-state index in [0.717, 1.165) is 0 Å². The summed E-state index contributed by atoms with van der Waals surface area (Å²) in [5.41, 5.74) is 0.620. The number of ether oxygens (including phenoxy) is 2. The molecule has 1 N–H and O–H groups in total. The van der Waals surface area contributed by atoms with Gasteiger partial charge in [0.25, 0.3) is 5.91 Å². The third kappa shape index (κ3) is 5.70. The van der Waals surface area contributed by atoms with Gasteiger partial charge in [-0.25, -0.2) is 0 Å². The van der Waals surface area contributed by atoms with Gasteiger partial charge in [-0.2, -0.15) is 8.78 Å². The average Bonchev–Trinajstić information content (AvgIpc) is 2.58. The lowest BCUT2D eigenvalue weighted by molar-refractivity contribution is -0.152. The Morgan fingerprint density at radius 2 is 1.77 bits per heavy atom. The predicted molar refractivity (Wildman–Crippen MR) is 92.4 cm³/mol. The van der Waals surface area contributed by atoms with E-state index in [4.69, 9.17) is 16.3 Å². The van der Waals surface area contributed by atoms with Crippen LogP contribution in [0.15, 0.2) is 48.5 Å². The molecule has 2 aromatic carbocycles. The first kappa shape index (κ1) is 19.7. The van der Waals surface area contributed by atoms with E-state index >= 15 is 0 Å². The molecule has 5 nitrogen and oxygen atoms in total. The third-order valence-corrected chi connectivity index (χ3v) is 3.70. The van der Waals surface area contributed by atoms with E-state index in [2.05, 4.69) is 10.1 Å². The largest absolute Gasteiger partial charge is 0.452 e. The van der Waals surface area contributed by atoms with E-state index in [1.165, 1.54) is 25.1 Å². The number of carbonyl (C=O) groups is 2. The normalized spacial score (nSPS) is 11.7. The molecule has 26 heavy (non-hydrogen) atoms. The highest BCUT2D eigenvalue weighted by Gasteiger charge is 2.20. The van der Waals surface area contributed by atoms with Gasteiger partial charge in [0.15, 0.2) is 6.10 Å². The maximum Gasteiger partial charge on any atom is 0.387 e. The average molecular weight is 384 g/mol. The zero-order valence-corrected chi connectivity index (χ0v) is 14.5. The number of amides is 1. The summed E-state index contributed by atoms with van der Waals surface area (Å²) in [5, 5.41) is 2.81. The fourth-order valence-electron chi connectivity index (χ4n) is 2.09. The Bertz CT molecular complexity index is 785. The van der Waals surface area contributed by atoms with Crippen molar-refractivity contribution in [3.05, 3.63) is 59.1 Å². The van der Waals surface area contributed by atoms with Crippen molar-refractivity contribution >= 4 is 29.2 Å². The van der Waals surface area contributed by atoms with Gasteiger partial charge in [0.2, 0.25) is 0 Å². The van der Waals surface area contributed by atoms with Crippen LogP contribution >= 0.6 is 11.6 Å². The van der Waals surface area contributed by atoms with Gasteiger partial charge >= 0.3 is 12.6 Å². The monoisotopic (exact) mass is 383 g/mol. The molecule has 1 amide bonds. The van der Waals surface area contributed by atoms with Crippen LogP contribution in [0.4, 0.5) is 14.5 Å². The van der Waals surface area contributed by atoms with Gasteiger partial charge in [-0.05, 0) is 30.7 Å². The van der Waals surface area contributed by atoms with Crippen molar-refractivity contribution < 1.29 is 27.8 Å². The molecule has 2 rings (SSSR count). The maximum atomic E-state index is 12.4. The van der Waals surface area contributed by atoms with Crippen LogP contribution in [-0.2, 0) is 20.7 Å². The molecule has 0 radical (unpaired) electrons. The van der Waals surface area contributed by atoms with Gasteiger partial charge in [0.1, 0.15) is 5.75 Å². The van der Waals surface area contributed by atoms with Crippen molar-refractivity contribution in [3.63, 3.8) is 0 Å². The van der Waals surface area contributed by atoms with Gasteiger partial charge in [0.05, 0.1) is 12.1 Å². The highest BCUT2D eigenvalue weighted by atomic mass is 35.5.